The number of amides is 1. The van der Waals surface area contributed by atoms with Gasteiger partial charge in [-0.2, -0.15) is 0 Å². The zero-order valence-corrected chi connectivity index (χ0v) is 19.9. The minimum atomic E-state index is -0.258. The number of nitrogens with zero attached hydrogens (tertiary/aromatic N) is 3. The summed E-state index contributed by atoms with van der Waals surface area (Å²) in [4.78, 5) is 20.8. The van der Waals surface area contributed by atoms with Gasteiger partial charge >= 0.3 is 0 Å². The number of hydrogen-bond acceptors (Lipinski definition) is 4. The van der Waals surface area contributed by atoms with Crippen molar-refractivity contribution in [2.75, 3.05) is 13.1 Å². The number of hydrogen-bond donors (Lipinski definition) is 1. The summed E-state index contributed by atoms with van der Waals surface area (Å²) in [7, 11) is 0. The van der Waals surface area contributed by atoms with E-state index in [1.807, 2.05) is 28.8 Å². The highest BCUT2D eigenvalue weighted by Gasteiger charge is 2.23. The maximum absolute atomic E-state index is 13.2. The van der Waals surface area contributed by atoms with E-state index in [0.717, 1.165) is 39.4 Å². The molecule has 0 spiro atoms. The largest absolute Gasteiger partial charge is 0.352 e. The molecule has 3 heterocycles. The summed E-state index contributed by atoms with van der Waals surface area (Å²) in [5.74, 6) is -0.290. The Morgan fingerprint density at radius 1 is 1.15 bits per heavy atom. The maximum Gasteiger partial charge on any atom is 0.251 e. The highest BCUT2D eigenvalue weighted by atomic mass is 32.1. The molecule has 5 rings (SSSR count). The molecule has 0 bridgehead atoms. The number of rotatable bonds is 6. The molecule has 1 aliphatic rings. The smallest absolute Gasteiger partial charge is 0.251 e. The Morgan fingerprint density at radius 3 is 2.67 bits per heavy atom. The summed E-state index contributed by atoms with van der Waals surface area (Å²) in [6, 6.07) is 13.4. The Hall–Kier alpha value is -2.77. The number of piperidine rings is 1. The van der Waals surface area contributed by atoms with Crippen LogP contribution in [0.1, 0.15) is 49.9 Å². The van der Waals surface area contributed by atoms with Gasteiger partial charge in [0.15, 0.2) is 4.96 Å². The van der Waals surface area contributed by atoms with E-state index in [1.54, 1.807) is 23.5 Å². The molecule has 33 heavy (non-hydrogen) atoms. The van der Waals surface area contributed by atoms with Gasteiger partial charge < -0.3 is 5.32 Å². The summed E-state index contributed by atoms with van der Waals surface area (Å²) < 4.78 is 16.3. The molecule has 0 aliphatic carbocycles. The van der Waals surface area contributed by atoms with Crippen molar-refractivity contribution < 1.29 is 9.18 Å². The molecule has 1 saturated heterocycles. The lowest BCUT2D eigenvalue weighted by Gasteiger charge is -2.39. The molecule has 2 unspecified atom stereocenters. The Kier molecular flexibility index (Phi) is 6.17. The van der Waals surface area contributed by atoms with Crippen LogP contribution in [0.3, 0.4) is 0 Å². The van der Waals surface area contributed by atoms with Crippen molar-refractivity contribution in [3.63, 3.8) is 0 Å². The number of imidazole rings is 1. The third kappa shape index (κ3) is 4.52. The number of halogens is 1. The molecule has 7 heteroatoms. The quantitative estimate of drug-likeness (QED) is 0.370. The summed E-state index contributed by atoms with van der Waals surface area (Å²) in [5.41, 5.74) is 3.37. The molecule has 1 N–H and O–H groups in total. The number of nitrogens with one attached hydrogen (secondary N) is 1. The molecule has 2 aromatic carbocycles. The minimum absolute atomic E-state index is 0.0327. The molecule has 0 radical (unpaired) electrons. The predicted octanol–water partition coefficient (Wildman–Crippen LogP) is 5.74. The van der Waals surface area contributed by atoms with Crippen molar-refractivity contribution in [3.8, 4) is 11.3 Å². The van der Waals surface area contributed by atoms with Gasteiger partial charge in [0, 0.05) is 42.5 Å². The van der Waals surface area contributed by atoms with Crippen LogP contribution in [0.4, 0.5) is 4.39 Å². The standard InChI is InChI=1S/C26H29FN4OS/c1-17-5-3-6-18(2)30(17)14-4-13-28-25(32)20-9-12-23-24(15-20)33-26-29-22(16-31(23)26)19-7-10-21(27)11-8-19/h7-12,15-18H,3-6,13-14H2,1-2H3,(H,28,32). The number of fused-ring (bicyclic) bond motifs is 3. The number of thiazole rings is 1. The minimum Gasteiger partial charge on any atom is -0.352 e. The number of likely N-dealkylation sites (tertiary alicyclic amines) is 1. The first-order valence-corrected chi connectivity index (χ1v) is 12.5. The van der Waals surface area contributed by atoms with Gasteiger partial charge in [-0.1, -0.05) is 17.8 Å². The molecular formula is C26H29FN4OS. The molecule has 4 aromatic rings. The van der Waals surface area contributed by atoms with Crippen LogP contribution in [-0.2, 0) is 0 Å². The summed E-state index contributed by atoms with van der Waals surface area (Å²) in [6.45, 7) is 6.33. The first kappa shape index (κ1) is 22.0. The van der Waals surface area contributed by atoms with Crippen molar-refractivity contribution in [1.82, 2.24) is 19.6 Å². The predicted molar refractivity (Wildman–Crippen MR) is 132 cm³/mol. The Morgan fingerprint density at radius 2 is 1.91 bits per heavy atom. The average Bonchev–Trinajstić information content (AvgIpc) is 3.36. The number of carbonyl (C=O) groups is 1. The van der Waals surface area contributed by atoms with Crippen LogP contribution < -0.4 is 5.32 Å². The average molecular weight is 465 g/mol. The monoisotopic (exact) mass is 464 g/mol. The molecule has 1 aliphatic heterocycles. The number of carbonyl (C=O) groups excluding carboxylic acids is 1. The Balaban J connectivity index is 1.24. The van der Waals surface area contributed by atoms with E-state index >= 15 is 0 Å². The van der Waals surface area contributed by atoms with Crippen molar-refractivity contribution in [1.29, 1.82) is 0 Å². The van der Waals surface area contributed by atoms with E-state index < -0.39 is 0 Å². The van der Waals surface area contributed by atoms with E-state index in [1.165, 1.54) is 31.4 Å². The summed E-state index contributed by atoms with van der Waals surface area (Å²) in [5, 5.41) is 3.08. The molecule has 5 nitrogen and oxygen atoms in total. The third-order valence-electron chi connectivity index (χ3n) is 6.75. The fraction of sp³-hybridized carbons (Fsp3) is 0.385. The van der Waals surface area contributed by atoms with E-state index in [2.05, 4.69) is 24.1 Å². The van der Waals surface area contributed by atoms with Crippen molar-refractivity contribution in [2.24, 2.45) is 0 Å². The second kappa shape index (κ2) is 9.23. The highest BCUT2D eigenvalue weighted by Crippen LogP contribution is 2.30. The second-order valence-corrected chi connectivity index (χ2v) is 10.1. The molecule has 172 valence electrons. The lowest BCUT2D eigenvalue weighted by molar-refractivity contribution is 0.0925. The van der Waals surface area contributed by atoms with E-state index in [0.29, 0.717) is 24.2 Å². The molecular weight excluding hydrogens is 435 g/mol. The summed E-state index contributed by atoms with van der Waals surface area (Å²) >= 11 is 1.55. The Bertz CT molecular complexity index is 1270. The lowest BCUT2D eigenvalue weighted by Crippen LogP contribution is -2.44. The molecule has 1 amide bonds. The fourth-order valence-corrected chi connectivity index (χ4v) is 5.93. The molecule has 0 saturated carbocycles. The van der Waals surface area contributed by atoms with Crippen LogP contribution in [0.2, 0.25) is 0 Å². The molecule has 2 aromatic heterocycles. The lowest BCUT2D eigenvalue weighted by atomic mass is 9.97. The van der Waals surface area contributed by atoms with E-state index in [-0.39, 0.29) is 11.7 Å². The van der Waals surface area contributed by atoms with Gasteiger partial charge in [-0.3, -0.25) is 14.1 Å². The van der Waals surface area contributed by atoms with Gasteiger partial charge in [0.25, 0.3) is 5.91 Å². The van der Waals surface area contributed by atoms with Gasteiger partial charge in [0.05, 0.1) is 15.9 Å². The SMILES string of the molecule is CC1CCCC(C)N1CCCNC(=O)c1ccc2c(c1)sc1nc(-c3ccc(F)cc3)cn12. The third-order valence-corrected chi connectivity index (χ3v) is 7.77. The van der Waals surface area contributed by atoms with Gasteiger partial charge in [0.1, 0.15) is 5.82 Å². The topological polar surface area (TPSA) is 49.6 Å². The van der Waals surface area contributed by atoms with Crippen LogP contribution in [0.25, 0.3) is 26.4 Å². The van der Waals surface area contributed by atoms with E-state index in [9.17, 15) is 9.18 Å². The van der Waals surface area contributed by atoms with Gasteiger partial charge in [0.2, 0.25) is 0 Å². The maximum atomic E-state index is 13.2. The van der Waals surface area contributed by atoms with Gasteiger partial charge in [-0.25, -0.2) is 9.37 Å². The summed E-state index contributed by atoms with van der Waals surface area (Å²) in [6.07, 6.45) is 6.78. The highest BCUT2D eigenvalue weighted by molar-refractivity contribution is 7.23. The van der Waals surface area contributed by atoms with E-state index in [4.69, 9.17) is 4.98 Å². The zero-order chi connectivity index (χ0) is 22.9. The van der Waals surface area contributed by atoms with Gasteiger partial charge in [-0.05, 0) is 75.6 Å². The number of benzene rings is 2. The Labute approximate surface area is 197 Å². The first-order valence-electron chi connectivity index (χ1n) is 11.7. The normalized spacial score (nSPS) is 19.4. The van der Waals surface area contributed by atoms with Crippen LogP contribution >= 0.6 is 11.3 Å². The molecule has 1 fully saturated rings. The molecule has 2 atom stereocenters. The van der Waals surface area contributed by atoms with Crippen LogP contribution in [0.15, 0.2) is 48.7 Å². The van der Waals surface area contributed by atoms with Crippen molar-refractivity contribution in [3.05, 3.63) is 60.0 Å². The van der Waals surface area contributed by atoms with Crippen LogP contribution in [0.5, 0.6) is 0 Å². The van der Waals surface area contributed by atoms with Crippen molar-refractivity contribution in [2.45, 2.75) is 51.6 Å². The second-order valence-electron chi connectivity index (χ2n) is 9.05. The fourth-order valence-electron chi connectivity index (χ4n) is 4.88. The number of aromatic nitrogens is 2. The first-order chi connectivity index (χ1) is 16.0. The van der Waals surface area contributed by atoms with Crippen LogP contribution in [-0.4, -0.2) is 45.4 Å². The van der Waals surface area contributed by atoms with Gasteiger partial charge in [-0.15, -0.1) is 0 Å². The van der Waals surface area contributed by atoms with Crippen LogP contribution in [0, 0.1) is 5.82 Å². The zero-order valence-electron chi connectivity index (χ0n) is 19.1. The van der Waals surface area contributed by atoms with Crippen molar-refractivity contribution >= 4 is 32.4 Å².